The zero-order chi connectivity index (χ0) is 14.5. The highest BCUT2D eigenvalue weighted by Gasteiger charge is 2.16. The van der Waals surface area contributed by atoms with Crippen molar-refractivity contribution in [2.24, 2.45) is 0 Å². The van der Waals surface area contributed by atoms with Crippen molar-refractivity contribution < 1.29 is 9.53 Å². The van der Waals surface area contributed by atoms with E-state index in [1.807, 2.05) is 36.4 Å². The van der Waals surface area contributed by atoms with Gasteiger partial charge in [-0.3, -0.25) is 4.79 Å². The first-order chi connectivity index (χ1) is 9.58. The molecular formula is C14H13Br2NO2S. The van der Waals surface area contributed by atoms with Gasteiger partial charge in [-0.2, -0.15) is 0 Å². The Kier molecular flexibility index (Phi) is 5.63. The Morgan fingerprint density at radius 3 is 2.60 bits per heavy atom. The van der Waals surface area contributed by atoms with Gasteiger partial charge in [0.25, 0.3) is 5.91 Å². The summed E-state index contributed by atoms with van der Waals surface area (Å²) in [6, 6.07) is 11.4. The molecule has 0 saturated heterocycles. The molecule has 2 aromatic rings. The van der Waals surface area contributed by atoms with E-state index in [9.17, 15) is 4.79 Å². The number of nitrogens with zero attached hydrogens (tertiary/aromatic N) is 1. The Balaban J connectivity index is 1.85. The molecule has 3 nitrogen and oxygen atoms in total. The van der Waals surface area contributed by atoms with Crippen LogP contribution in [0.4, 0.5) is 0 Å². The molecule has 0 spiro atoms. The smallest absolute Gasteiger partial charge is 0.263 e. The van der Waals surface area contributed by atoms with Crippen molar-refractivity contribution in [3.8, 4) is 5.75 Å². The van der Waals surface area contributed by atoms with E-state index in [-0.39, 0.29) is 5.91 Å². The van der Waals surface area contributed by atoms with E-state index in [0.29, 0.717) is 18.0 Å². The quantitative estimate of drug-likeness (QED) is 0.718. The van der Waals surface area contributed by atoms with Crippen LogP contribution in [-0.2, 0) is 0 Å². The maximum atomic E-state index is 12.2. The fraction of sp³-hybridized carbons (Fsp3) is 0.214. The van der Waals surface area contributed by atoms with Crippen LogP contribution in [0, 0.1) is 0 Å². The maximum absolute atomic E-state index is 12.2. The summed E-state index contributed by atoms with van der Waals surface area (Å²) in [4.78, 5) is 14.6. The summed E-state index contributed by atoms with van der Waals surface area (Å²) in [6.07, 6.45) is 0. The molecule has 0 fully saturated rings. The van der Waals surface area contributed by atoms with Crippen LogP contribution >= 0.6 is 43.2 Å². The summed E-state index contributed by atoms with van der Waals surface area (Å²) in [5, 5.41) is 0. The average molecular weight is 419 g/mol. The Morgan fingerprint density at radius 2 is 2.00 bits per heavy atom. The fourth-order valence-corrected chi connectivity index (χ4v) is 3.59. The molecule has 0 saturated carbocycles. The summed E-state index contributed by atoms with van der Waals surface area (Å²) in [7, 11) is 1.78. The first-order valence-corrected chi connectivity index (χ1v) is 8.36. The summed E-state index contributed by atoms with van der Waals surface area (Å²) < 4.78 is 7.41. The Labute approximate surface area is 138 Å². The fourth-order valence-electron chi connectivity index (χ4n) is 1.56. The van der Waals surface area contributed by atoms with Crippen molar-refractivity contribution in [1.29, 1.82) is 0 Å². The van der Waals surface area contributed by atoms with E-state index in [1.165, 1.54) is 11.3 Å². The number of rotatable bonds is 5. The van der Waals surface area contributed by atoms with Gasteiger partial charge >= 0.3 is 0 Å². The number of carbonyl (C=O) groups is 1. The minimum atomic E-state index is -0.00179. The van der Waals surface area contributed by atoms with Crippen molar-refractivity contribution in [2.75, 3.05) is 20.2 Å². The van der Waals surface area contributed by atoms with Crippen LogP contribution in [0.15, 0.2) is 44.7 Å². The molecule has 6 heteroatoms. The number of para-hydroxylation sites is 1. The summed E-state index contributed by atoms with van der Waals surface area (Å²) in [5.41, 5.74) is 0. The van der Waals surface area contributed by atoms with E-state index in [1.54, 1.807) is 11.9 Å². The second-order valence-electron chi connectivity index (χ2n) is 4.12. The second kappa shape index (κ2) is 7.24. The van der Waals surface area contributed by atoms with E-state index in [0.717, 1.165) is 14.0 Å². The first-order valence-electron chi connectivity index (χ1n) is 5.96. The lowest BCUT2D eigenvalue weighted by molar-refractivity contribution is 0.0778. The monoisotopic (exact) mass is 417 g/mol. The number of ether oxygens (including phenoxy) is 1. The maximum Gasteiger partial charge on any atom is 0.263 e. The highest BCUT2D eigenvalue weighted by Crippen LogP contribution is 2.32. The molecule has 0 aliphatic carbocycles. The van der Waals surface area contributed by atoms with Crippen LogP contribution in [-0.4, -0.2) is 31.0 Å². The molecule has 20 heavy (non-hydrogen) atoms. The van der Waals surface area contributed by atoms with Gasteiger partial charge in [0, 0.05) is 11.5 Å². The summed E-state index contributed by atoms with van der Waals surface area (Å²) in [5.74, 6) is 0.813. The molecule has 1 amide bonds. The van der Waals surface area contributed by atoms with Crippen molar-refractivity contribution in [3.05, 3.63) is 49.5 Å². The van der Waals surface area contributed by atoms with Crippen LogP contribution in [0.25, 0.3) is 0 Å². The zero-order valence-corrected chi connectivity index (χ0v) is 14.8. The number of likely N-dealkylation sites (N-methyl/N-ethyl adjacent to an activating group) is 1. The van der Waals surface area contributed by atoms with Crippen LogP contribution in [0.2, 0.25) is 0 Å². The lowest BCUT2D eigenvalue weighted by Crippen LogP contribution is -2.30. The minimum absolute atomic E-state index is 0.00179. The third kappa shape index (κ3) is 4.07. The Bertz CT molecular complexity index is 567. The predicted octanol–water partition coefficient (Wildman–Crippen LogP) is 4.42. The van der Waals surface area contributed by atoms with Crippen molar-refractivity contribution in [2.45, 2.75) is 0 Å². The highest BCUT2D eigenvalue weighted by atomic mass is 79.9. The van der Waals surface area contributed by atoms with Gasteiger partial charge in [-0.1, -0.05) is 18.2 Å². The van der Waals surface area contributed by atoms with Crippen LogP contribution < -0.4 is 4.74 Å². The number of halogens is 2. The van der Waals surface area contributed by atoms with Gasteiger partial charge in [0.05, 0.1) is 15.2 Å². The third-order valence-electron chi connectivity index (χ3n) is 2.64. The van der Waals surface area contributed by atoms with Gasteiger partial charge in [-0.05, 0) is 50.1 Å². The molecule has 0 radical (unpaired) electrons. The standard InChI is InChI=1S/C14H13Br2NO2S/c1-17(7-8-19-10-5-3-2-4-6-10)14(18)12-9-11(15)13(16)20-12/h2-6,9H,7-8H2,1H3. The SMILES string of the molecule is CN(CCOc1ccccc1)C(=O)c1cc(Br)c(Br)s1. The molecule has 0 bridgehead atoms. The van der Waals surface area contributed by atoms with E-state index < -0.39 is 0 Å². The number of hydrogen-bond donors (Lipinski definition) is 0. The number of amides is 1. The Hall–Kier alpha value is -0.850. The normalized spacial score (nSPS) is 10.3. The molecule has 0 aliphatic heterocycles. The molecule has 1 heterocycles. The van der Waals surface area contributed by atoms with Crippen molar-refractivity contribution in [3.63, 3.8) is 0 Å². The van der Waals surface area contributed by atoms with Crippen LogP contribution in [0.3, 0.4) is 0 Å². The van der Waals surface area contributed by atoms with Gasteiger partial charge in [0.2, 0.25) is 0 Å². The van der Waals surface area contributed by atoms with Crippen molar-refractivity contribution >= 4 is 49.1 Å². The molecular weight excluding hydrogens is 406 g/mol. The molecule has 0 N–H and O–H groups in total. The minimum Gasteiger partial charge on any atom is -0.492 e. The van der Waals surface area contributed by atoms with Gasteiger partial charge in [0.1, 0.15) is 12.4 Å². The van der Waals surface area contributed by atoms with Crippen LogP contribution in [0.5, 0.6) is 5.75 Å². The molecule has 0 unspecified atom stereocenters. The topological polar surface area (TPSA) is 29.5 Å². The largest absolute Gasteiger partial charge is 0.492 e. The third-order valence-corrected chi connectivity index (χ3v) is 5.89. The lowest BCUT2D eigenvalue weighted by Gasteiger charge is -2.16. The predicted molar refractivity (Wildman–Crippen MR) is 88.6 cm³/mol. The summed E-state index contributed by atoms with van der Waals surface area (Å²) >= 11 is 8.20. The highest BCUT2D eigenvalue weighted by molar-refractivity contribution is 9.13. The average Bonchev–Trinajstić information content (AvgIpc) is 2.79. The number of thiophene rings is 1. The number of carbonyl (C=O) groups excluding carboxylic acids is 1. The molecule has 1 aromatic carbocycles. The number of hydrogen-bond acceptors (Lipinski definition) is 3. The summed E-state index contributed by atoms with van der Waals surface area (Å²) in [6.45, 7) is 1.01. The van der Waals surface area contributed by atoms with Gasteiger partial charge in [-0.25, -0.2) is 0 Å². The molecule has 1 aromatic heterocycles. The van der Waals surface area contributed by atoms with Gasteiger partial charge in [0.15, 0.2) is 0 Å². The molecule has 0 aliphatic rings. The molecule has 0 atom stereocenters. The Morgan fingerprint density at radius 1 is 1.30 bits per heavy atom. The number of benzene rings is 1. The van der Waals surface area contributed by atoms with Crippen molar-refractivity contribution in [1.82, 2.24) is 4.90 Å². The van der Waals surface area contributed by atoms with E-state index >= 15 is 0 Å². The first kappa shape index (κ1) is 15.5. The van der Waals surface area contributed by atoms with Gasteiger partial charge in [-0.15, -0.1) is 11.3 Å². The van der Waals surface area contributed by atoms with E-state index in [4.69, 9.17) is 4.74 Å². The van der Waals surface area contributed by atoms with Gasteiger partial charge < -0.3 is 9.64 Å². The second-order valence-corrected chi connectivity index (χ2v) is 7.34. The molecule has 2 rings (SSSR count). The zero-order valence-electron chi connectivity index (χ0n) is 10.8. The van der Waals surface area contributed by atoms with E-state index in [2.05, 4.69) is 31.9 Å². The van der Waals surface area contributed by atoms with Crippen LogP contribution in [0.1, 0.15) is 9.67 Å². The molecule has 106 valence electrons. The lowest BCUT2D eigenvalue weighted by atomic mass is 10.3.